The van der Waals surface area contributed by atoms with Gasteiger partial charge in [0.25, 0.3) is 0 Å². The number of nitrogens with one attached hydrogen (secondary N) is 2. The maximum absolute atomic E-state index is 11.8. The third kappa shape index (κ3) is 20.0. The molecule has 0 spiro atoms. The van der Waals surface area contributed by atoms with Gasteiger partial charge in [-0.2, -0.15) is 0 Å². The molecule has 31 heavy (non-hydrogen) atoms. The molecule has 0 rings (SSSR count). The molecule has 0 heterocycles. The van der Waals surface area contributed by atoms with E-state index in [2.05, 4.69) is 10.6 Å². The van der Waals surface area contributed by atoms with Crippen LogP contribution in [0.25, 0.3) is 0 Å². The molecule has 0 aliphatic rings. The Morgan fingerprint density at radius 3 is 1.58 bits per heavy atom. The Morgan fingerprint density at radius 2 is 1.10 bits per heavy atom. The minimum Gasteiger partial charge on any atom is -0.356 e. The van der Waals surface area contributed by atoms with Gasteiger partial charge in [0, 0.05) is 38.1 Å². The molecular formula is C25H46N2O4. The monoisotopic (exact) mass is 438 g/mol. The summed E-state index contributed by atoms with van der Waals surface area (Å²) < 4.78 is 0. The van der Waals surface area contributed by atoms with Gasteiger partial charge in [-0.25, -0.2) is 0 Å². The van der Waals surface area contributed by atoms with Crippen LogP contribution in [-0.2, 0) is 19.2 Å². The fraction of sp³-hybridized carbons (Fsp3) is 0.840. The predicted octanol–water partition coefficient (Wildman–Crippen LogP) is 4.74. The molecule has 0 unspecified atom stereocenters. The van der Waals surface area contributed by atoms with Crippen LogP contribution in [0.4, 0.5) is 0 Å². The molecule has 0 aliphatic carbocycles. The number of unbranched alkanes of at least 4 members (excludes halogenated alkanes) is 7. The van der Waals surface area contributed by atoms with Gasteiger partial charge < -0.3 is 10.6 Å². The molecule has 2 N–H and O–H groups in total. The first-order valence-corrected chi connectivity index (χ1v) is 12.3. The molecule has 0 radical (unpaired) electrons. The summed E-state index contributed by atoms with van der Waals surface area (Å²) in [5.41, 5.74) is 0. The molecule has 2 amide bonds. The van der Waals surface area contributed by atoms with Crippen LogP contribution in [0.15, 0.2) is 0 Å². The van der Waals surface area contributed by atoms with Crippen molar-refractivity contribution in [2.45, 2.75) is 111 Å². The Bertz CT molecular complexity index is 530. The average Bonchev–Trinajstić information content (AvgIpc) is 2.70. The van der Waals surface area contributed by atoms with Crippen LogP contribution in [0.5, 0.6) is 0 Å². The number of hydrogen-bond donors (Lipinski definition) is 2. The summed E-state index contributed by atoms with van der Waals surface area (Å²) in [7, 11) is 0. The molecule has 6 heteroatoms. The van der Waals surface area contributed by atoms with Crippen LogP contribution in [0.3, 0.4) is 0 Å². The van der Waals surface area contributed by atoms with E-state index in [0.29, 0.717) is 38.1 Å². The van der Waals surface area contributed by atoms with Gasteiger partial charge in [0.2, 0.25) is 11.8 Å². The lowest BCUT2D eigenvalue weighted by atomic mass is 10.0. The Balaban J connectivity index is 3.40. The lowest BCUT2D eigenvalue weighted by Crippen LogP contribution is -2.29. The number of carbonyl (C=O) groups excluding carboxylic acids is 4. The highest BCUT2D eigenvalue weighted by molar-refractivity contribution is 5.86. The maximum Gasteiger partial charge on any atom is 0.220 e. The van der Waals surface area contributed by atoms with E-state index in [1.54, 1.807) is 0 Å². The molecule has 0 aromatic rings. The van der Waals surface area contributed by atoms with E-state index >= 15 is 0 Å². The molecule has 180 valence electrons. The molecule has 0 atom stereocenters. The van der Waals surface area contributed by atoms with Crippen molar-refractivity contribution in [3.05, 3.63) is 0 Å². The SMILES string of the molecule is CC(C)CC(=O)CNC(=O)CCCCCCCCCCC(=O)NCCCC(=O)C(C)C. The lowest BCUT2D eigenvalue weighted by molar-refractivity contribution is -0.125. The molecule has 0 aliphatic heterocycles. The van der Waals surface area contributed by atoms with E-state index in [-0.39, 0.29) is 35.8 Å². The predicted molar refractivity (Wildman–Crippen MR) is 126 cm³/mol. The molecule has 0 aromatic carbocycles. The molecule has 0 aromatic heterocycles. The standard InChI is InChI=1S/C25H46N2O4/c1-20(2)18-22(28)19-27-25(31)16-12-10-8-6-5-7-9-11-15-24(30)26-17-13-14-23(29)21(3)4/h20-21H,5-19H2,1-4H3,(H,26,30)(H,27,31). The van der Waals surface area contributed by atoms with Crippen molar-refractivity contribution in [3.8, 4) is 0 Å². The van der Waals surface area contributed by atoms with Crippen molar-refractivity contribution < 1.29 is 19.2 Å². The fourth-order valence-electron chi connectivity index (χ4n) is 3.31. The summed E-state index contributed by atoms with van der Waals surface area (Å²) in [6, 6.07) is 0. The van der Waals surface area contributed by atoms with E-state index in [1.165, 1.54) is 0 Å². The average molecular weight is 439 g/mol. The minimum absolute atomic E-state index is 0.0260. The molecule has 0 saturated carbocycles. The van der Waals surface area contributed by atoms with Crippen LogP contribution in [0.2, 0.25) is 0 Å². The summed E-state index contributed by atoms with van der Waals surface area (Å²) in [5, 5.41) is 5.60. The van der Waals surface area contributed by atoms with E-state index in [1.807, 2.05) is 27.7 Å². The number of carbonyl (C=O) groups is 4. The molecule has 0 bridgehead atoms. The quantitative estimate of drug-likeness (QED) is 0.269. The second-order valence-electron chi connectivity index (χ2n) is 9.32. The van der Waals surface area contributed by atoms with Gasteiger partial charge >= 0.3 is 0 Å². The maximum atomic E-state index is 11.8. The van der Waals surface area contributed by atoms with Crippen molar-refractivity contribution in [2.75, 3.05) is 13.1 Å². The van der Waals surface area contributed by atoms with E-state index in [4.69, 9.17) is 0 Å². The number of Topliss-reactive ketones (excluding diaryl/α,β-unsaturated/α-hetero) is 2. The third-order valence-electron chi connectivity index (χ3n) is 5.24. The highest BCUT2D eigenvalue weighted by atomic mass is 16.2. The van der Waals surface area contributed by atoms with Gasteiger partial charge in [-0.15, -0.1) is 0 Å². The summed E-state index contributed by atoms with van der Waals surface area (Å²) in [5.74, 6) is 0.818. The summed E-state index contributed by atoms with van der Waals surface area (Å²) in [6.07, 6.45) is 11.3. The van der Waals surface area contributed by atoms with Gasteiger partial charge in [0.1, 0.15) is 5.78 Å². The Hall–Kier alpha value is -1.72. The van der Waals surface area contributed by atoms with E-state index < -0.39 is 0 Å². The van der Waals surface area contributed by atoms with Crippen molar-refractivity contribution in [1.29, 1.82) is 0 Å². The van der Waals surface area contributed by atoms with Gasteiger partial charge in [-0.3, -0.25) is 19.2 Å². The summed E-state index contributed by atoms with van der Waals surface area (Å²) >= 11 is 0. The second kappa shape index (κ2) is 19.0. The highest BCUT2D eigenvalue weighted by Crippen LogP contribution is 2.11. The number of amides is 2. The van der Waals surface area contributed by atoms with Gasteiger partial charge in [-0.1, -0.05) is 66.2 Å². The zero-order valence-electron chi connectivity index (χ0n) is 20.4. The molecule has 0 saturated heterocycles. The van der Waals surface area contributed by atoms with E-state index in [9.17, 15) is 19.2 Å². The van der Waals surface area contributed by atoms with Crippen molar-refractivity contribution in [3.63, 3.8) is 0 Å². The minimum atomic E-state index is -0.0260. The number of hydrogen-bond acceptors (Lipinski definition) is 4. The van der Waals surface area contributed by atoms with Crippen molar-refractivity contribution in [1.82, 2.24) is 10.6 Å². The topological polar surface area (TPSA) is 92.3 Å². The van der Waals surface area contributed by atoms with Gasteiger partial charge in [-0.05, 0) is 25.2 Å². The first-order valence-electron chi connectivity index (χ1n) is 12.3. The highest BCUT2D eigenvalue weighted by Gasteiger charge is 2.08. The number of rotatable bonds is 20. The Labute approximate surface area is 189 Å². The Morgan fingerprint density at radius 1 is 0.613 bits per heavy atom. The van der Waals surface area contributed by atoms with Crippen LogP contribution >= 0.6 is 0 Å². The van der Waals surface area contributed by atoms with Crippen molar-refractivity contribution in [2.24, 2.45) is 11.8 Å². The summed E-state index contributed by atoms with van der Waals surface area (Å²) in [4.78, 5) is 46.6. The molecule has 0 fully saturated rings. The molecular weight excluding hydrogens is 392 g/mol. The normalized spacial score (nSPS) is 11.0. The smallest absolute Gasteiger partial charge is 0.220 e. The largest absolute Gasteiger partial charge is 0.356 e. The lowest BCUT2D eigenvalue weighted by Gasteiger charge is -2.07. The number of ketones is 2. The van der Waals surface area contributed by atoms with Crippen LogP contribution in [0.1, 0.15) is 111 Å². The first-order chi connectivity index (χ1) is 14.7. The van der Waals surface area contributed by atoms with Gasteiger partial charge in [0.05, 0.1) is 6.54 Å². The molecule has 6 nitrogen and oxygen atoms in total. The second-order valence-corrected chi connectivity index (χ2v) is 9.32. The zero-order valence-corrected chi connectivity index (χ0v) is 20.4. The van der Waals surface area contributed by atoms with Gasteiger partial charge in [0.15, 0.2) is 5.78 Å². The zero-order chi connectivity index (χ0) is 23.5. The third-order valence-corrected chi connectivity index (χ3v) is 5.24. The van der Waals surface area contributed by atoms with Crippen LogP contribution < -0.4 is 10.6 Å². The van der Waals surface area contributed by atoms with Crippen LogP contribution in [-0.4, -0.2) is 36.5 Å². The van der Waals surface area contributed by atoms with Crippen LogP contribution in [0, 0.1) is 11.8 Å². The fourth-order valence-corrected chi connectivity index (χ4v) is 3.31. The van der Waals surface area contributed by atoms with E-state index in [0.717, 1.165) is 57.8 Å². The van der Waals surface area contributed by atoms with Crippen molar-refractivity contribution >= 4 is 23.4 Å². The first kappa shape index (κ1) is 29.3. The Kier molecular flexibility index (Phi) is 17.9. The summed E-state index contributed by atoms with van der Waals surface area (Å²) in [6.45, 7) is 8.55.